The summed E-state index contributed by atoms with van der Waals surface area (Å²) in [5.74, 6) is -4.18. The van der Waals surface area contributed by atoms with Crippen molar-refractivity contribution in [1.29, 1.82) is 0 Å². The van der Waals surface area contributed by atoms with Gasteiger partial charge in [0.1, 0.15) is 23.3 Å². The highest BCUT2D eigenvalue weighted by Gasteiger charge is 2.73. The maximum Gasteiger partial charge on any atom is 0.411 e. The molecule has 2 heterocycles. The second-order valence-electron chi connectivity index (χ2n) is 11.1. The van der Waals surface area contributed by atoms with Gasteiger partial charge in [0.05, 0.1) is 0 Å². The number of aryl methyl sites for hydroxylation is 2. The predicted octanol–water partition coefficient (Wildman–Crippen LogP) is 8.12. The van der Waals surface area contributed by atoms with E-state index in [2.05, 4.69) is 0 Å². The zero-order valence-corrected chi connectivity index (χ0v) is 23.6. The Morgan fingerprint density at radius 2 is 1.09 bits per heavy atom. The van der Waals surface area contributed by atoms with Crippen LogP contribution >= 0.6 is 0 Å². The standard InChI is InChI=1S/C34H24F6O4/c1-17-14-22(16-23-26(30(41)43-28(17)23)20-10-6-4-7-11-20)32(33(35,36)37,34(38,39)40)24-15-18(2)29-25(19(24)3)27(31(42)44-29)21-12-8-5-9-13-21/h4-16,26-27H,1-3H3. The minimum Gasteiger partial charge on any atom is -0.425 e. The van der Waals surface area contributed by atoms with Crippen molar-refractivity contribution in [2.45, 2.75) is 50.4 Å². The van der Waals surface area contributed by atoms with Crippen molar-refractivity contribution in [2.24, 2.45) is 0 Å². The number of ether oxygens (including phenoxy) is 2. The number of fused-ring (bicyclic) bond motifs is 2. The Bertz CT molecular complexity index is 1800. The Labute approximate surface area is 248 Å². The molecule has 2 unspecified atom stereocenters. The first-order chi connectivity index (χ1) is 20.7. The number of carbonyl (C=O) groups excluding carboxylic acids is 2. The lowest BCUT2D eigenvalue weighted by atomic mass is 9.68. The molecular weight excluding hydrogens is 586 g/mol. The third kappa shape index (κ3) is 4.14. The Morgan fingerprint density at radius 1 is 0.614 bits per heavy atom. The SMILES string of the molecule is Cc1cc(C(c2cc(C)c3c(c2C)C(c2ccccc2)C(=O)O3)(C(F)(F)F)C(F)(F)F)cc2c1OC(=O)C2c1ccccc1. The number of benzene rings is 4. The first-order valence-electron chi connectivity index (χ1n) is 13.6. The minimum atomic E-state index is -5.91. The normalized spacial score (nSPS) is 18.1. The molecule has 0 saturated carbocycles. The molecule has 2 atom stereocenters. The molecule has 226 valence electrons. The van der Waals surface area contributed by atoms with Crippen molar-refractivity contribution >= 4 is 11.9 Å². The molecule has 0 saturated heterocycles. The molecule has 4 aromatic carbocycles. The molecule has 4 nitrogen and oxygen atoms in total. The van der Waals surface area contributed by atoms with E-state index in [0.29, 0.717) is 11.1 Å². The lowest BCUT2D eigenvalue weighted by Crippen LogP contribution is -2.55. The van der Waals surface area contributed by atoms with Gasteiger partial charge in [-0.2, -0.15) is 26.3 Å². The van der Waals surface area contributed by atoms with Crippen LogP contribution in [0.1, 0.15) is 61.9 Å². The molecule has 10 heteroatoms. The monoisotopic (exact) mass is 610 g/mol. The van der Waals surface area contributed by atoms with Crippen molar-refractivity contribution < 1.29 is 45.4 Å². The van der Waals surface area contributed by atoms with Crippen LogP contribution in [0.4, 0.5) is 26.3 Å². The number of halogens is 6. The molecule has 0 amide bonds. The highest BCUT2D eigenvalue weighted by atomic mass is 19.4. The molecular formula is C34H24F6O4. The molecule has 0 N–H and O–H groups in total. The Hall–Kier alpha value is -4.60. The van der Waals surface area contributed by atoms with Gasteiger partial charge in [-0.05, 0) is 65.8 Å². The average Bonchev–Trinajstić information content (AvgIpc) is 3.48. The van der Waals surface area contributed by atoms with Crippen molar-refractivity contribution in [3.05, 3.63) is 129 Å². The van der Waals surface area contributed by atoms with Crippen LogP contribution in [0, 0.1) is 20.8 Å². The summed E-state index contributed by atoms with van der Waals surface area (Å²) < 4.78 is 104. The summed E-state index contributed by atoms with van der Waals surface area (Å²) >= 11 is 0. The Balaban J connectivity index is 1.68. The summed E-state index contributed by atoms with van der Waals surface area (Å²) in [5.41, 5.74) is -6.61. The van der Waals surface area contributed by atoms with Crippen molar-refractivity contribution in [1.82, 2.24) is 0 Å². The van der Waals surface area contributed by atoms with Gasteiger partial charge in [-0.25, -0.2) is 0 Å². The van der Waals surface area contributed by atoms with Crippen LogP contribution in [-0.2, 0) is 15.0 Å². The predicted molar refractivity (Wildman–Crippen MR) is 148 cm³/mol. The van der Waals surface area contributed by atoms with Gasteiger partial charge in [-0.3, -0.25) is 9.59 Å². The molecule has 0 bridgehead atoms. The van der Waals surface area contributed by atoms with Crippen molar-refractivity contribution in [2.75, 3.05) is 0 Å². The fraction of sp³-hybridized carbons (Fsp3) is 0.235. The van der Waals surface area contributed by atoms with Gasteiger partial charge in [0.2, 0.25) is 5.41 Å². The number of esters is 2. The van der Waals surface area contributed by atoms with Crippen molar-refractivity contribution in [3.63, 3.8) is 0 Å². The van der Waals surface area contributed by atoms with E-state index in [0.717, 1.165) is 25.1 Å². The van der Waals surface area contributed by atoms with Gasteiger partial charge in [0.25, 0.3) is 0 Å². The second kappa shape index (κ2) is 9.97. The molecule has 0 spiro atoms. The fourth-order valence-corrected chi connectivity index (χ4v) is 6.58. The Kier molecular flexibility index (Phi) is 6.68. The van der Waals surface area contributed by atoms with Crippen LogP contribution in [0.5, 0.6) is 11.5 Å². The molecule has 44 heavy (non-hydrogen) atoms. The lowest BCUT2D eigenvalue weighted by Gasteiger charge is -2.40. The van der Waals surface area contributed by atoms with Crippen molar-refractivity contribution in [3.8, 4) is 11.5 Å². The highest BCUT2D eigenvalue weighted by Crippen LogP contribution is 2.60. The molecule has 2 aliphatic heterocycles. The number of hydrogen-bond donors (Lipinski definition) is 0. The third-order valence-corrected chi connectivity index (χ3v) is 8.50. The van der Waals surface area contributed by atoms with Gasteiger partial charge < -0.3 is 9.47 Å². The maximum absolute atomic E-state index is 15.5. The lowest BCUT2D eigenvalue weighted by molar-refractivity contribution is -0.288. The summed E-state index contributed by atoms with van der Waals surface area (Å²) in [6.07, 6.45) is -11.8. The molecule has 4 aromatic rings. The highest BCUT2D eigenvalue weighted by molar-refractivity contribution is 5.92. The van der Waals surface area contributed by atoms with E-state index in [1.54, 1.807) is 60.7 Å². The van der Waals surface area contributed by atoms with E-state index in [-0.39, 0.29) is 39.3 Å². The number of alkyl halides is 6. The second-order valence-corrected chi connectivity index (χ2v) is 11.1. The van der Waals surface area contributed by atoms with Crippen LogP contribution in [-0.4, -0.2) is 24.3 Å². The Morgan fingerprint density at radius 3 is 1.64 bits per heavy atom. The zero-order chi connectivity index (χ0) is 31.8. The average molecular weight is 611 g/mol. The fourth-order valence-electron chi connectivity index (χ4n) is 6.58. The largest absolute Gasteiger partial charge is 0.425 e. The van der Waals surface area contributed by atoms with Gasteiger partial charge in [-0.1, -0.05) is 72.8 Å². The number of hydrogen-bond acceptors (Lipinski definition) is 4. The van der Waals surface area contributed by atoms with E-state index in [1.165, 1.54) is 13.8 Å². The van der Waals surface area contributed by atoms with Crippen LogP contribution in [0.2, 0.25) is 0 Å². The van der Waals surface area contributed by atoms with E-state index >= 15 is 26.3 Å². The van der Waals surface area contributed by atoms with Gasteiger partial charge in [-0.15, -0.1) is 0 Å². The van der Waals surface area contributed by atoms with Gasteiger partial charge in [0, 0.05) is 11.1 Å². The summed E-state index contributed by atoms with van der Waals surface area (Å²) in [7, 11) is 0. The molecule has 0 aliphatic carbocycles. The molecule has 0 aromatic heterocycles. The number of rotatable bonds is 4. The maximum atomic E-state index is 15.5. The van der Waals surface area contributed by atoms with Crippen LogP contribution < -0.4 is 9.47 Å². The van der Waals surface area contributed by atoms with E-state index in [1.807, 2.05) is 0 Å². The molecule has 0 radical (unpaired) electrons. The quantitative estimate of drug-likeness (QED) is 0.133. The first-order valence-corrected chi connectivity index (χ1v) is 13.6. The zero-order valence-electron chi connectivity index (χ0n) is 23.6. The topological polar surface area (TPSA) is 52.6 Å². The van der Waals surface area contributed by atoms with E-state index in [4.69, 9.17) is 9.47 Å². The third-order valence-electron chi connectivity index (χ3n) is 8.50. The summed E-state index contributed by atoms with van der Waals surface area (Å²) in [6.45, 7) is 3.77. The first kappa shape index (κ1) is 29.5. The summed E-state index contributed by atoms with van der Waals surface area (Å²) in [4.78, 5) is 25.9. The van der Waals surface area contributed by atoms with Crippen LogP contribution in [0.15, 0.2) is 78.9 Å². The molecule has 6 rings (SSSR count). The summed E-state index contributed by atoms with van der Waals surface area (Å²) in [6, 6.07) is 18.4. The molecule has 2 aliphatic rings. The number of carbonyl (C=O) groups is 2. The van der Waals surface area contributed by atoms with Crippen LogP contribution in [0.3, 0.4) is 0 Å². The molecule has 0 fully saturated rings. The summed E-state index contributed by atoms with van der Waals surface area (Å²) in [5, 5.41) is 0. The van der Waals surface area contributed by atoms with Gasteiger partial charge >= 0.3 is 24.3 Å². The van der Waals surface area contributed by atoms with Crippen LogP contribution in [0.25, 0.3) is 0 Å². The smallest absolute Gasteiger partial charge is 0.411 e. The van der Waals surface area contributed by atoms with E-state index < -0.39 is 52.7 Å². The van der Waals surface area contributed by atoms with Gasteiger partial charge in [0.15, 0.2) is 0 Å². The van der Waals surface area contributed by atoms with E-state index in [9.17, 15) is 9.59 Å². The minimum absolute atomic E-state index is 0.0485.